The molecule has 0 amide bonds. The predicted octanol–water partition coefficient (Wildman–Crippen LogP) is 1.34. The molecule has 0 radical (unpaired) electrons. The summed E-state index contributed by atoms with van der Waals surface area (Å²) in [6.45, 7) is 3.70. The smallest absolute Gasteiger partial charge is 0.323 e. The van der Waals surface area contributed by atoms with Gasteiger partial charge in [-0.25, -0.2) is 4.79 Å². The van der Waals surface area contributed by atoms with Crippen molar-refractivity contribution in [1.82, 2.24) is 9.97 Å². The molecule has 16 heavy (non-hydrogen) atoms. The summed E-state index contributed by atoms with van der Waals surface area (Å²) in [5.74, 6) is -0.923. The molecule has 2 aromatic rings. The lowest BCUT2D eigenvalue weighted by Crippen LogP contribution is -1.99. The number of fused-ring (bicyclic) bond motifs is 1. The zero-order valence-corrected chi connectivity index (χ0v) is 8.41. The van der Waals surface area contributed by atoms with E-state index in [1.165, 1.54) is 0 Å². The van der Waals surface area contributed by atoms with E-state index in [0.717, 1.165) is 0 Å². The highest BCUT2D eigenvalue weighted by molar-refractivity contribution is 5.86. The van der Waals surface area contributed by atoms with Gasteiger partial charge in [-0.2, -0.15) is 0 Å². The number of H-pyrrole nitrogens is 2. The molecule has 1 aromatic heterocycles. The fraction of sp³-hybridized carbons (Fsp3) is 0.0909. The van der Waals surface area contributed by atoms with Crippen molar-refractivity contribution in [3.05, 3.63) is 40.8 Å². The first kappa shape index (κ1) is 10.2. The van der Waals surface area contributed by atoms with Crippen molar-refractivity contribution in [3.63, 3.8) is 0 Å². The Morgan fingerprint density at radius 2 is 2.00 bits per heavy atom. The molecule has 0 fully saturated rings. The molecule has 0 saturated carbocycles. The molecule has 1 heterocycles. The number of carboxylic acids is 1. The minimum Gasteiger partial charge on any atom is -0.481 e. The second-order valence-electron chi connectivity index (χ2n) is 3.51. The molecule has 0 aliphatic carbocycles. The number of aromatic nitrogens is 2. The van der Waals surface area contributed by atoms with E-state index in [-0.39, 0.29) is 12.1 Å². The standard InChI is InChI=1S/C11H10N2O3/c1-6(4-10(14)15)7-2-3-8-9(5-7)13-11(16)12-8/h2-3,5H,1,4H2,(H,14,15)(H2,12,13,16). The second-order valence-corrected chi connectivity index (χ2v) is 3.51. The summed E-state index contributed by atoms with van der Waals surface area (Å²) in [6.07, 6.45) is -0.111. The zero-order chi connectivity index (χ0) is 11.7. The summed E-state index contributed by atoms with van der Waals surface area (Å²) in [7, 11) is 0. The van der Waals surface area contributed by atoms with Gasteiger partial charge in [-0.15, -0.1) is 0 Å². The van der Waals surface area contributed by atoms with Gasteiger partial charge in [-0.3, -0.25) is 4.79 Å². The maximum absolute atomic E-state index is 11.0. The number of hydrogen-bond acceptors (Lipinski definition) is 2. The van der Waals surface area contributed by atoms with Gasteiger partial charge >= 0.3 is 11.7 Å². The van der Waals surface area contributed by atoms with Gasteiger partial charge in [0.2, 0.25) is 0 Å². The predicted molar refractivity (Wildman–Crippen MR) is 60.2 cm³/mol. The van der Waals surface area contributed by atoms with Crippen LogP contribution < -0.4 is 5.69 Å². The van der Waals surface area contributed by atoms with Gasteiger partial charge in [0.1, 0.15) is 0 Å². The summed E-state index contributed by atoms with van der Waals surface area (Å²) < 4.78 is 0. The first-order valence-electron chi connectivity index (χ1n) is 4.68. The molecule has 5 heteroatoms. The van der Waals surface area contributed by atoms with Crippen molar-refractivity contribution < 1.29 is 9.90 Å². The molecular weight excluding hydrogens is 208 g/mol. The number of imidazole rings is 1. The van der Waals surface area contributed by atoms with Crippen LogP contribution in [0.1, 0.15) is 12.0 Å². The quantitative estimate of drug-likeness (QED) is 0.726. The second kappa shape index (κ2) is 3.69. The number of rotatable bonds is 3. The lowest BCUT2D eigenvalue weighted by molar-refractivity contribution is -0.135. The van der Waals surface area contributed by atoms with Crippen LogP contribution in [0.15, 0.2) is 29.6 Å². The third kappa shape index (κ3) is 1.88. The van der Waals surface area contributed by atoms with E-state index < -0.39 is 5.97 Å². The lowest BCUT2D eigenvalue weighted by Gasteiger charge is -2.02. The van der Waals surface area contributed by atoms with Crippen LogP contribution in [0, 0.1) is 0 Å². The van der Waals surface area contributed by atoms with Gasteiger partial charge in [0, 0.05) is 0 Å². The molecule has 82 valence electrons. The van der Waals surface area contributed by atoms with Gasteiger partial charge in [0.05, 0.1) is 17.5 Å². The van der Waals surface area contributed by atoms with Gasteiger partial charge in [-0.1, -0.05) is 12.6 Å². The SMILES string of the molecule is C=C(CC(=O)O)c1ccc2[nH]c(=O)[nH]c2c1. The molecule has 0 aliphatic rings. The average Bonchev–Trinajstić information content (AvgIpc) is 2.55. The number of carbonyl (C=O) groups is 1. The largest absolute Gasteiger partial charge is 0.481 e. The zero-order valence-electron chi connectivity index (χ0n) is 8.41. The third-order valence-corrected chi connectivity index (χ3v) is 2.29. The molecule has 2 rings (SSSR count). The van der Waals surface area contributed by atoms with E-state index in [1.807, 2.05) is 0 Å². The van der Waals surface area contributed by atoms with Gasteiger partial charge in [-0.05, 0) is 23.3 Å². The van der Waals surface area contributed by atoms with Crippen LogP contribution in [0.5, 0.6) is 0 Å². The summed E-state index contributed by atoms with van der Waals surface area (Å²) in [6, 6.07) is 5.16. The Labute approximate surface area is 90.4 Å². The maximum Gasteiger partial charge on any atom is 0.323 e. The molecule has 0 atom stereocenters. The van der Waals surface area contributed by atoms with Crippen LogP contribution in [0.25, 0.3) is 16.6 Å². The molecule has 0 saturated heterocycles. The highest BCUT2D eigenvalue weighted by Gasteiger charge is 2.06. The Hall–Kier alpha value is -2.30. The monoisotopic (exact) mass is 218 g/mol. The normalized spacial score (nSPS) is 10.5. The fourth-order valence-electron chi connectivity index (χ4n) is 1.54. The fourth-order valence-corrected chi connectivity index (χ4v) is 1.54. The molecule has 0 spiro atoms. The van der Waals surface area contributed by atoms with Gasteiger partial charge in [0.25, 0.3) is 0 Å². The molecule has 3 N–H and O–H groups in total. The van der Waals surface area contributed by atoms with Gasteiger partial charge < -0.3 is 15.1 Å². The first-order valence-corrected chi connectivity index (χ1v) is 4.68. The lowest BCUT2D eigenvalue weighted by atomic mass is 10.0. The van der Waals surface area contributed by atoms with E-state index in [1.54, 1.807) is 18.2 Å². The highest BCUT2D eigenvalue weighted by Crippen LogP contribution is 2.19. The van der Waals surface area contributed by atoms with E-state index >= 15 is 0 Å². The van der Waals surface area contributed by atoms with Crippen LogP contribution in [0.2, 0.25) is 0 Å². The number of benzene rings is 1. The van der Waals surface area contributed by atoms with Crippen LogP contribution in [-0.2, 0) is 4.79 Å². The summed E-state index contributed by atoms with van der Waals surface area (Å²) in [5.41, 5.74) is 2.28. The minimum atomic E-state index is -0.923. The minimum absolute atomic E-state index is 0.111. The van der Waals surface area contributed by atoms with Crippen molar-refractivity contribution in [3.8, 4) is 0 Å². The Balaban J connectivity index is 2.42. The average molecular weight is 218 g/mol. The third-order valence-electron chi connectivity index (χ3n) is 2.29. The number of aromatic amines is 2. The van der Waals surface area contributed by atoms with Crippen LogP contribution in [0.3, 0.4) is 0 Å². The number of carboxylic acid groups (broad SMARTS) is 1. The molecule has 1 aromatic carbocycles. The van der Waals surface area contributed by atoms with Crippen LogP contribution >= 0.6 is 0 Å². The van der Waals surface area contributed by atoms with Crippen molar-refractivity contribution in [2.75, 3.05) is 0 Å². The summed E-state index contributed by atoms with van der Waals surface area (Å²) in [4.78, 5) is 26.8. The number of nitrogens with one attached hydrogen (secondary N) is 2. The summed E-state index contributed by atoms with van der Waals surface area (Å²) >= 11 is 0. The van der Waals surface area contributed by atoms with Crippen LogP contribution in [-0.4, -0.2) is 21.0 Å². The van der Waals surface area contributed by atoms with E-state index in [0.29, 0.717) is 22.2 Å². The Morgan fingerprint density at radius 3 is 2.69 bits per heavy atom. The highest BCUT2D eigenvalue weighted by atomic mass is 16.4. The topological polar surface area (TPSA) is 85.9 Å². The summed E-state index contributed by atoms with van der Waals surface area (Å²) in [5, 5.41) is 8.64. The van der Waals surface area contributed by atoms with Crippen LogP contribution in [0.4, 0.5) is 0 Å². The van der Waals surface area contributed by atoms with Crippen molar-refractivity contribution in [1.29, 1.82) is 0 Å². The molecule has 0 aliphatic heterocycles. The van der Waals surface area contributed by atoms with E-state index in [4.69, 9.17) is 5.11 Å². The van der Waals surface area contributed by atoms with E-state index in [2.05, 4.69) is 16.5 Å². The van der Waals surface area contributed by atoms with Crippen molar-refractivity contribution in [2.45, 2.75) is 6.42 Å². The Bertz CT molecular complexity index is 621. The number of hydrogen-bond donors (Lipinski definition) is 3. The molecule has 0 unspecified atom stereocenters. The van der Waals surface area contributed by atoms with Crippen molar-refractivity contribution in [2.24, 2.45) is 0 Å². The first-order chi connectivity index (χ1) is 7.56. The number of aliphatic carboxylic acids is 1. The maximum atomic E-state index is 11.0. The Kier molecular flexibility index (Phi) is 2.36. The molecule has 5 nitrogen and oxygen atoms in total. The van der Waals surface area contributed by atoms with Gasteiger partial charge in [0.15, 0.2) is 0 Å². The molecular formula is C11H10N2O3. The molecule has 0 bridgehead atoms. The van der Waals surface area contributed by atoms with E-state index in [9.17, 15) is 9.59 Å². The Morgan fingerprint density at radius 1 is 1.31 bits per heavy atom. The van der Waals surface area contributed by atoms with Crippen molar-refractivity contribution >= 4 is 22.6 Å².